The summed E-state index contributed by atoms with van der Waals surface area (Å²) in [6.45, 7) is 0. The maximum atomic E-state index is 12.1. The molecule has 0 radical (unpaired) electrons. The lowest BCUT2D eigenvalue weighted by molar-refractivity contribution is -0.384. The lowest BCUT2D eigenvalue weighted by Gasteiger charge is -2.03. The van der Waals surface area contributed by atoms with E-state index in [0.717, 1.165) is 6.08 Å². The van der Waals surface area contributed by atoms with E-state index in [-0.39, 0.29) is 16.3 Å². The molecule has 2 N–H and O–H groups in total. The molecule has 8 nitrogen and oxygen atoms in total. The average Bonchev–Trinajstić information content (AvgIpc) is 2.79. The van der Waals surface area contributed by atoms with Crippen LogP contribution in [0.5, 0.6) is 0 Å². The quantitative estimate of drug-likeness (QED) is 0.500. The number of non-ortho nitro benzene ring substituents is 1. The molecule has 0 fully saturated rings. The molecule has 1 amide bonds. The van der Waals surface area contributed by atoms with Gasteiger partial charge in [0, 0.05) is 29.5 Å². The summed E-state index contributed by atoms with van der Waals surface area (Å²) in [5, 5.41) is 13.1. The van der Waals surface area contributed by atoms with Crippen molar-refractivity contribution in [2.24, 2.45) is 0 Å². The Bertz CT molecular complexity index is 965. The van der Waals surface area contributed by atoms with E-state index in [9.17, 15) is 23.3 Å². The number of carbonyl (C=O) groups is 1. The van der Waals surface area contributed by atoms with Crippen molar-refractivity contribution < 1.29 is 18.1 Å². The van der Waals surface area contributed by atoms with Crippen molar-refractivity contribution in [3.05, 3.63) is 70.3 Å². The molecule has 0 spiro atoms. The third kappa shape index (κ3) is 2.97. The van der Waals surface area contributed by atoms with Crippen molar-refractivity contribution in [1.82, 2.24) is 4.72 Å². The zero-order valence-corrected chi connectivity index (χ0v) is 12.9. The lowest BCUT2D eigenvalue weighted by Crippen LogP contribution is -2.16. The molecule has 24 heavy (non-hydrogen) atoms. The van der Waals surface area contributed by atoms with Gasteiger partial charge in [-0.2, -0.15) is 0 Å². The SMILES string of the molecule is O=C(/C=C1/NS(=O)(=O)c2ccccc21)Nc1ccc([N+](=O)[O-])cc1. The summed E-state index contributed by atoms with van der Waals surface area (Å²) in [5.41, 5.74) is 0.849. The minimum absolute atomic E-state index is 0.0937. The van der Waals surface area contributed by atoms with Gasteiger partial charge in [-0.05, 0) is 18.2 Å². The van der Waals surface area contributed by atoms with Crippen molar-refractivity contribution in [3.8, 4) is 0 Å². The number of amides is 1. The highest BCUT2D eigenvalue weighted by atomic mass is 32.2. The van der Waals surface area contributed by atoms with E-state index in [1.165, 1.54) is 30.3 Å². The number of anilines is 1. The lowest BCUT2D eigenvalue weighted by atomic mass is 10.1. The molecular formula is C15H11N3O5S. The fourth-order valence-corrected chi connectivity index (χ4v) is 3.55. The minimum atomic E-state index is -3.66. The van der Waals surface area contributed by atoms with E-state index < -0.39 is 20.9 Å². The Balaban J connectivity index is 1.82. The van der Waals surface area contributed by atoms with Crippen LogP contribution in [0.3, 0.4) is 0 Å². The Morgan fingerprint density at radius 1 is 1.12 bits per heavy atom. The standard InChI is InChI=1S/C15H11N3O5S/c19-15(16-10-5-7-11(8-6-10)18(20)21)9-13-12-3-1-2-4-14(12)24(22,23)17-13/h1-9,17H,(H,16,19)/b13-9+. The first-order chi connectivity index (χ1) is 11.4. The zero-order valence-electron chi connectivity index (χ0n) is 12.1. The molecule has 0 atom stereocenters. The van der Waals surface area contributed by atoms with Gasteiger partial charge in [0.15, 0.2) is 0 Å². The zero-order chi connectivity index (χ0) is 17.3. The van der Waals surface area contributed by atoms with Gasteiger partial charge in [0.2, 0.25) is 5.91 Å². The Labute approximate surface area is 137 Å². The Morgan fingerprint density at radius 3 is 2.46 bits per heavy atom. The molecule has 3 rings (SSSR count). The number of nitro benzene ring substituents is 1. The van der Waals surface area contributed by atoms with Crippen LogP contribution in [0.1, 0.15) is 5.56 Å². The molecule has 0 unspecified atom stereocenters. The predicted molar refractivity (Wildman–Crippen MR) is 86.5 cm³/mol. The number of carbonyl (C=O) groups excluding carboxylic acids is 1. The monoisotopic (exact) mass is 345 g/mol. The number of rotatable bonds is 3. The van der Waals surface area contributed by atoms with Crippen LogP contribution in [0.2, 0.25) is 0 Å². The van der Waals surface area contributed by atoms with Crippen LogP contribution in [-0.2, 0) is 14.8 Å². The van der Waals surface area contributed by atoms with Crippen molar-refractivity contribution in [3.63, 3.8) is 0 Å². The molecule has 0 bridgehead atoms. The average molecular weight is 345 g/mol. The first-order valence-corrected chi connectivity index (χ1v) is 8.24. The Hall–Kier alpha value is -3.20. The molecule has 9 heteroatoms. The van der Waals surface area contributed by atoms with Gasteiger partial charge in [-0.25, -0.2) is 8.42 Å². The maximum absolute atomic E-state index is 12.1. The summed E-state index contributed by atoms with van der Waals surface area (Å²) in [7, 11) is -3.66. The minimum Gasteiger partial charge on any atom is -0.322 e. The third-order valence-corrected chi connectivity index (χ3v) is 4.76. The van der Waals surface area contributed by atoms with Gasteiger partial charge in [-0.3, -0.25) is 19.6 Å². The van der Waals surface area contributed by atoms with Gasteiger partial charge in [0.1, 0.15) is 0 Å². The Morgan fingerprint density at radius 2 is 1.79 bits per heavy atom. The molecule has 1 aliphatic heterocycles. The van der Waals surface area contributed by atoms with E-state index in [1.807, 2.05) is 0 Å². The van der Waals surface area contributed by atoms with Gasteiger partial charge in [0.05, 0.1) is 15.5 Å². The normalized spacial score (nSPS) is 16.2. The van der Waals surface area contributed by atoms with Gasteiger partial charge in [-0.15, -0.1) is 0 Å². The van der Waals surface area contributed by atoms with Gasteiger partial charge in [-0.1, -0.05) is 18.2 Å². The molecule has 0 saturated carbocycles. The third-order valence-electron chi connectivity index (χ3n) is 3.33. The summed E-state index contributed by atoms with van der Waals surface area (Å²) in [6, 6.07) is 11.6. The van der Waals surface area contributed by atoms with Gasteiger partial charge in [0.25, 0.3) is 15.7 Å². The molecule has 1 aliphatic rings. The second kappa shape index (κ2) is 5.78. The second-order valence-electron chi connectivity index (χ2n) is 4.95. The molecule has 0 aromatic heterocycles. The van der Waals surface area contributed by atoms with E-state index in [2.05, 4.69) is 10.0 Å². The van der Waals surface area contributed by atoms with Crippen LogP contribution in [0.4, 0.5) is 11.4 Å². The molecule has 2 aromatic rings. The first-order valence-electron chi connectivity index (χ1n) is 6.76. The summed E-state index contributed by atoms with van der Waals surface area (Å²) in [6.07, 6.45) is 1.13. The van der Waals surface area contributed by atoms with Crippen molar-refractivity contribution in [2.45, 2.75) is 4.90 Å². The first kappa shape index (κ1) is 15.7. The van der Waals surface area contributed by atoms with Crippen LogP contribution < -0.4 is 10.0 Å². The summed E-state index contributed by atoms with van der Waals surface area (Å²) in [4.78, 5) is 22.2. The van der Waals surface area contributed by atoms with Crippen molar-refractivity contribution >= 4 is 33.0 Å². The number of benzene rings is 2. The molecule has 0 saturated heterocycles. The van der Waals surface area contributed by atoms with Crippen LogP contribution in [0, 0.1) is 10.1 Å². The highest BCUT2D eigenvalue weighted by molar-refractivity contribution is 7.90. The van der Waals surface area contributed by atoms with E-state index in [0.29, 0.717) is 11.3 Å². The van der Waals surface area contributed by atoms with Crippen molar-refractivity contribution in [2.75, 3.05) is 5.32 Å². The molecular weight excluding hydrogens is 334 g/mol. The summed E-state index contributed by atoms with van der Waals surface area (Å²) in [5.74, 6) is -0.557. The Kier molecular flexibility index (Phi) is 3.78. The summed E-state index contributed by atoms with van der Waals surface area (Å²) >= 11 is 0. The predicted octanol–water partition coefficient (Wildman–Crippen LogP) is 1.87. The van der Waals surface area contributed by atoms with Gasteiger partial charge < -0.3 is 5.32 Å². The fourth-order valence-electron chi connectivity index (χ4n) is 2.26. The molecule has 1 heterocycles. The van der Waals surface area contributed by atoms with Crippen LogP contribution in [0.15, 0.2) is 59.5 Å². The maximum Gasteiger partial charge on any atom is 0.269 e. The molecule has 122 valence electrons. The highest BCUT2D eigenvalue weighted by Gasteiger charge is 2.29. The van der Waals surface area contributed by atoms with E-state index >= 15 is 0 Å². The number of sulfonamides is 1. The number of fused-ring (bicyclic) bond motifs is 1. The van der Waals surface area contributed by atoms with Gasteiger partial charge >= 0.3 is 0 Å². The largest absolute Gasteiger partial charge is 0.322 e. The van der Waals surface area contributed by atoms with Crippen LogP contribution in [-0.4, -0.2) is 19.2 Å². The highest BCUT2D eigenvalue weighted by Crippen LogP contribution is 2.29. The fraction of sp³-hybridized carbons (Fsp3) is 0. The van der Waals surface area contributed by atoms with Crippen LogP contribution >= 0.6 is 0 Å². The van der Waals surface area contributed by atoms with Crippen molar-refractivity contribution in [1.29, 1.82) is 0 Å². The topological polar surface area (TPSA) is 118 Å². The second-order valence-corrected chi connectivity index (χ2v) is 6.60. The number of nitrogens with zero attached hydrogens (tertiary/aromatic N) is 1. The number of nitro groups is 1. The number of hydrogen-bond donors (Lipinski definition) is 2. The van der Waals surface area contributed by atoms with E-state index in [1.54, 1.807) is 18.2 Å². The smallest absolute Gasteiger partial charge is 0.269 e. The number of nitrogens with one attached hydrogen (secondary N) is 2. The molecule has 2 aromatic carbocycles. The van der Waals surface area contributed by atoms with Crippen LogP contribution in [0.25, 0.3) is 5.70 Å². The number of hydrogen-bond acceptors (Lipinski definition) is 5. The van der Waals surface area contributed by atoms with E-state index in [4.69, 9.17) is 0 Å². The summed E-state index contributed by atoms with van der Waals surface area (Å²) < 4.78 is 26.2. The molecule has 0 aliphatic carbocycles.